The molecule has 0 aromatic carbocycles. The molecule has 99 heavy (non-hydrogen) atoms. The highest BCUT2D eigenvalue weighted by Crippen LogP contribution is 2.19. The van der Waals surface area contributed by atoms with Crippen molar-refractivity contribution in [3.05, 3.63) is 134 Å². The quantitative estimate of drug-likeness (QED) is 0.0211. The van der Waals surface area contributed by atoms with Crippen LogP contribution in [0.4, 0.5) is 0 Å². The standard InChI is InChI=1S/C90H155NO8/c1-6-8-10-12-14-16-18-20-22-24-26-28-30-32-34-36-38-40-41-42-43-44-45-46-47-49-51-53-55-57-59-61-63-65-67-69-71-73-75-77-79-81-88(93)99-86(85-98-90(89(94)95)96-83-82-91(3,4)5)84-97-87(92)80-78-76-74-72-70-68-66-64-62-60-58-56-54-52-50-48-39-37-35-33-31-29-27-25-23-21-19-17-15-13-11-9-7-2/h8,10,14,16,20,22,25-28,32,34,38,40,42-43,45-46,49,51,55,57,86,90H,6-7,9,11-13,15,17-19,21,23-24,29-31,33,35-37,39,41,44,47-48,50,52-54,56,58-85H2,1-5H3/p+1/b10-8-,16-14-,22-20-,27-25-,28-26-,34-32-,40-38-,43-42-,46-45-,51-49-,57-55-. The fraction of sp³-hybridized carbons (Fsp3) is 0.722. The smallest absolute Gasteiger partial charge is 0.361 e. The van der Waals surface area contributed by atoms with Crippen LogP contribution in [0.3, 0.4) is 0 Å². The molecular formula is C90H156NO8+. The molecule has 0 spiro atoms. The summed E-state index contributed by atoms with van der Waals surface area (Å²) < 4.78 is 23.1. The summed E-state index contributed by atoms with van der Waals surface area (Å²) in [6.07, 6.45) is 112. The first-order chi connectivity index (χ1) is 48.6. The van der Waals surface area contributed by atoms with Crippen LogP contribution in [0.5, 0.6) is 0 Å². The molecule has 0 amide bonds. The molecule has 1 N–H and O–H groups in total. The maximum atomic E-state index is 13.0. The zero-order valence-electron chi connectivity index (χ0n) is 65.1. The number of allylic oxidation sites excluding steroid dienone is 22. The number of quaternary nitrogens is 1. The van der Waals surface area contributed by atoms with Gasteiger partial charge in [0.1, 0.15) is 13.2 Å². The summed E-state index contributed by atoms with van der Waals surface area (Å²) in [6.45, 7) is 4.79. The largest absolute Gasteiger partial charge is 0.477 e. The summed E-state index contributed by atoms with van der Waals surface area (Å²) in [5.41, 5.74) is 0. The lowest BCUT2D eigenvalue weighted by Gasteiger charge is -2.25. The van der Waals surface area contributed by atoms with E-state index >= 15 is 0 Å². The van der Waals surface area contributed by atoms with Gasteiger partial charge in [-0.3, -0.25) is 9.59 Å². The first-order valence-electron chi connectivity index (χ1n) is 41.3. The molecule has 0 saturated heterocycles. The lowest BCUT2D eigenvalue weighted by molar-refractivity contribution is -0.870. The number of likely N-dealkylation sites (N-methyl/N-ethyl adjacent to an activating group) is 1. The fourth-order valence-corrected chi connectivity index (χ4v) is 11.6. The average molecular weight is 1380 g/mol. The van der Waals surface area contributed by atoms with Crippen molar-refractivity contribution in [3.8, 4) is 0 Å². The Kier molecular flexibility index (Phi) is 75.5. The number of unbranched alkanes of at least 4 members (excludes halogenated alkanes) is 39. The average Bonchev–Trinajstić information content (AvgIpc) is 2.62. The highest BCUT2D eigenvalue weighted by molar-refractivity contribution is 5.71. The Morgan fingerprint density at radius 2 is 0.576 bits per heavy atom. The molecule has 0 radical (unpaired) electrons. The number of carbonyl (C=O) groups is 3. The lowest BCUT2D eigenvalue weighted by atomic mass is 10.0. The van der Waals surface area contributed by atoms with Gasteiger partial charge in [0.05, 0.1) is 34.4 Å². The minimum absolute atomic E-state index is 0.183. The molecule has 0 fully saturated rings. The van der Waals surface area contributed by atoms with Gasteiger partial charge < -0.3 is 28.5 Å². The van der Waals surface area contributed by atoms with Crippen molar-refractivity contribution in [2.75, 3.05) is 47.5 Å². The molecule has 2 atom stereocenters. The summed E-state index contributed by atoms with van der Waals surface area (Å²) in [5, 5.41) is 9.78. The van der Waals surface area contributed by atoms with Gasteiger partial charge in [-0.15, -0.1) is 0 Å². The maximum absolute atomic E-state index is 13.0. The normalized spacial score (nSPS) is 13.3. The van der Waals surface area contributed by atoms with Crippen LogP contribution in [0.15, 0.2) is 134 Å². The van der Waals surface area contributed by atoms with Crippen LogP contribution in [0.2, 0.25) is 0 Å². The first kappa shape index (κ1) is 94.4. The number of hydrogen-bond donors (Lipinski definition) is 1. The second-order valence-electron chi connectivity index (χ2n) is 28.7. The predicted octanol–water partition coefficient (Wildman–Crippen LogP) is 26.8. The fourth-order valence-electron chi connectivity index (χ4n) is 11.6. The van der Waals surface area contributed by atoms with E-state index in [0.29, 0.717) is 23.9 Å². The molecule has 0 heterocycles. The second kappa shape index (κ2) is 79.1. The number of carbonyl (C=O) groups excluding carboxylic acids is 2. The van der Waals surface area contributed by atoms with Gasteiger partial charge in [-0.1, -0.05) is 366 Å². The molecule has 0 aliphatic rings. The van der Waals surface area contributed by atoms with E-state index in [9.17, 15) is 19.5 Å². The highest BCUT2D eigenvalue weighted by Gasteiger charge is 2.25. The predicted molar refractivity (Wildman–Crippen MR) is 428 cm³/mol. The third-order valence-electron chi connectivity index (χ3n) is 17.9. The van der Waals surface area contributed by atoms with E-state index in [4.69, 9.17) is 18.9 Å². The minimum atomic E-state index is -1.52. The van der Waals surface area contributed by atoms with Crippen LogP contribution in [0, 0.1) is 0 Å². The van der Waals surface area contributed by atoms with E-state index in [1.165, 1.54) is 218 Å². The van der Waals surface area contributed by atoms with Gasteiger partial charge in [-0.25, -0.2) is 4.79 Å². The Labute approximate surface area is 611 Å². The number of carboxylic acids is 1. The Morgan fingerprint density at radius 1 is 0.313 bits per heavy atom. The van der Waals surface area contributed by atoms with Gasteiger partial charge in [0, 0.05) is 12.8 Å². The number of nitrogens with zero attached hydrogens (tertiary/aromatic N) is 1. The van der Waals surface area contributed by atoms with Crippen LogP contribution < -0.4 is 0 Å². The molecule has 0 aromatic rings. The molecule has 9 heteroatoms. The summed E-state index contributed by atoms with van der Waals surface area (Å²) in [7, 11) is 5.98. The van der Waals surface area contributed by atoms with Crippen molar-refractivity contribution in [1.29, 1.82) is 0 Å². The van der Waals surface area contributed by atoms with Crippen LogP contribution >= 0.6 is 0 Å². The van der Waals surface area contributed by atoms with Crippen molar-refractivity contribution in [2.45, 2.75) is 373 Å². The van der Waals surface area contributed by atoms with Gasteiger partial charge in [0.25, 0.3) is 6.29 Å². The number of rotatable bonds is 76. The second-order valence-corrected chi connectivity index (χ2v) is 28.7. The van der Waals surface area contributed by atoms with Gasteiger partial charge >= 0.3 is 17.9 Å². The van der Waals surface area contributed by atoms with E-state index in [1.807, 2.05) is 21.1 Å². The lowest BCUT2D eigenvalue weighted by Crippen LogP contribution is -2.40. The number of ether oxygens (including phenoxy) is 4. The highest BCUT2D eigenvalue weighted by atomic mass is 16.7. The van der Waals surface area contributed by atoms with Gasteiger partial charge in [-0.2, -0.15) is 0 Å². The molecule has 9 nitrogen and oxygen atoms in total. The van der Waals surface area contributed by atoms with Crippen molar-refractivity contribution >= 4 is 17.9 Å². The van der Waals surface area contributed by atoms with Gasteiger partial charge in [0.2, 0.25) is 0 Å². The zero-order valence-corrected chi connectivity index (χ0v) is 65.1. The summed E-state index contributed by atoms with van der Waals surface area (Å²) >= 11 is 0. The van der Waals surface area contributed by atoms with E-state index in [2.05, 4.69) is 148 Å². The Balaban J connectivity index is 4.06. The van der Waals surface area contributed by atoms with E-state index in [1.54, 1.807) is 0 Å². The van der Waals surface area contributed by atoms with Gasteiger partial charge in [-0.05, 0) is 116 Å². The zero-order chi connectivity index (χ0) is 71.8. The third-order valence-corrected chi connectivity index (χ3v) is 17.9. The molecule has 0 aliphatic heterocycles. The minimum Gasteiger partial charge on any atom is -0.477 e. The molecule has 568 valence electrons. The maximum Gasteiger partial charge on any atom is 0.361 e. The Hall–Kier alpha value is -4.57. The van der Waals surface area contributed by atoms with E-state index < -0.39 is 24.3 Å². The number of hydrogen-bond acceptors (Lipinski definition) is 7. The SMILES string of the molecule is CC/C=C\C/C=C\C/C=C\C/C=C\C/C=C\C/C=C\C/C=C\C/C=C\C/C=C\C/C=C\CCCCCCCCCCCCC(=O)OC(COC(=O)CCCCCCCCCCCCCCCCCCCCCCC/C=C\CCCCCCCCCC)COC(OCC[N+](C)(C)C)C(=O)O. The molecule has 0 aliphatic carbocycles. The van der Waals surface area contributed by atoms with E-state index in [0.717, 1.165) is 109 Å². The van der Waals surface area contributed by atoms with Crippen molar-refractivity contribution < 1.29 is 42.9 Å². The third kappa shape index (κ3) is 80.6. The van der Waals surface area contributed by atoms with Crippen LogP contribution in [-0.4, -0.2) is 87.4 Å². The Bertz CT molecular complexity index is 2100. The molecular weight excluding hydrogens is 1220 g/mol. The summed E-state index contributed by atoms with van der Waals surface area (Å²) in [5.74, 6) is -2.00. The van der Waals surface area contributed by atoms with Crippen LogP contribution in [-0.2, 0) is 33.3 Å². The molecule has 0 bridgehead atoms. The molecule has 2 unspecified atom stereocenters. The van der Waals surface area contributed by atoms with Gasteiger partial charge in [0.15, 0.2) is 6.10 Å². The van der Waals surface area contributed by atoms with Crippen molar-refractivity contribution in [2.24, 2.45) is 0 Å². The molecule has 0 rings (SSSR count). The van der Waals surface area contributed by atoms with E-state index in [-0.39, 0.29) is 32.2 Å². The number of esters is 2. The Morgan fingerprint density at radius 3 is 0.869 bits per heavy atom. The summed E-state index contributed by atoms with van der Waals surface area (Å²) in [6, 6.07) is 0. The molecule has 0 aromatic heterocycles. The monoisotopic (exact) mass is 1380 g/mol. The topological polar surface area (TPSA) is 108 Å². The number of carboxylic acid groups (broad SMARTS) is 1. The van der Waals surface area contributed by atoms with Crippen molar-refractivity contribution in [3.63, 3.8) is 0 Å². The summed E-state index contributed by atoms with van der Waals surface area (Å²) in [4.78, 5) is 37.8. The van der Waals surface area contributed by atoms with Crippen molar-refractivity contribution in [1.82, 2.24) is 0 Å². The van der Waals surface area contributed by atoms with Crippen LogP contribution in [0.25, 0.3) is 0 Å². The number of aliphatic carboxylic acids is 1. The first-order valence-corrected chi connectivity index (χ1v) is 41.3. The van der Waals surface area contributed by atoms with Crippen LogP contribution in [0.1, 0.15) is 361 Å². The molecule has 0 saturated carbocycles.